The van der Waals surface area contributed by atoms with E-state index in [1.165, 1.54) is 6.20 Å². The van der Waals surface area contributed by atoms with Crippen molar-refractivity contribution in [3.05, 3.63) is 72.7 Å². The summed E-state index contributed by atoms with van der Waals surface area (Å²) in [5, 5.41) is 9.30. The number of amides is 3. The quantitative estimate of drug-likeness (QED) is 0.624. The van der Waals surface area contributed by atoms with Gasteiger partial charge in [0.1, 0.15) is 6.04 Å². The average molecular weight is 350 g/mol. The third-order valence-electron chi connectivity index (χ3n) is 3.67. The van der Waals surface area contributed by atoms with Crippen LogP contribution >= 0.6 is 0 Å². The number of benzene rings is 1. The van der Waals surface area contributed by atoms with Crippen LogP contribution in [0, 0.1) is 0 Å². The minimum absolute atomic E-state index is 0.328. The number of pyridine rings is 1. The van der Waals surface area contributed by atoms with Gasteiger partial charge in [-0.3, -0.25) is 4.79 Å². The predicted molar refractivity (Wildman–Crippen MR) is 96.6 cm³/mol. The van der Waals surface area contributed by atoms with E-state index < -0.39 is 12.1 Å². The van der Waals surface area contributed by atoms with Gasteiger partial charge in [0.05, 0.1) is 11.9 Å². The maximum absolute atomic E-state index is 12.5. The van der Waals surface area contributed by atoms with Crippen LogP contribution in [0.1, 0.15) is 5.56 Å². The highest BCUT2D eigenvalue weighted by molar-refractivity contribution is 5.97. The Morgan fingerprint density at radius 2 is 1.92 bits per heavy atom. The molecule has 0 aliphatic heterocycles. The van der Waals surface area contributed by atoms with Gasteiger partial charge in [-0.2, -0.15) is 5.10 Å². The van der Waals surface area contributed by atoms with Crippen molar-refractivity contribution in [3.63, 3.8) is 0 Å². The number of aromatic nitrogens is 3. The molecule has 0 radical (unpaired) electrons. The number of carbonyl (C=O) groups is 2. The molecule has 8 nitrogen and oxygen atoms in total. The first-order valence-electron chi connectivity index (χ1n) is 7.98. The van der Waals surface area contributed by atoms with Gasteiger partial charge < -0.3 is 16.4 Å². The van der Waals surface area contributed by atoms with Crippen LogP contribution in [0.4, 0.5) is 10.5 Å². The summed E-state index contributed by atoms with van der Waals surface area (Å²) in [6.07, 6.45) is 5.28. The normalized spacial score (nSPS) is 11.5. The molecule has 132 valence electrons. The van der Waals surface area contributed by atoms with E-state index in [2.05, 4.69) is 20.7 Å². The summed E-state index contributed by atoms with van der Waals surface area (Å²) in [6, 6.07) is 13.1. The van der Waals surface area contributed by atoms with Crippen molar-refractivity contribution < 1.29 is 9.59 Å². The Morgan fingerprint density at radius 1 is 1.12 bits per heavy atom. The van der Waals surface area contributed by atoms with Crippen LogP contribution in [0.25, 0.3) is 5.82 Å². The van der Waals surface area contributed by atoms with Crippen LogP contribution in [0.15, 0.2) is 67.1 Å². The highest BCUT2D eigenvalue weighted by Gasteiger charge is 2.20. The van der Waals surface area contributed by atoms with Crippen molar-refractivity contribution in [2.45, 2.75) is 12.5 Å². The van der Waals surface area contributed by atoms with Gasteiger partial charge in [0.25, 0.3) is 0 Å². The first-order valence-corrected chi connectivity index (χ1v) is 7.98. The molecule has 0 fully saturated rings. The number of nitrogens with zero attached hydrogens (tertiary/aromatic N) is 3. The molecule has 0 saturated carbocycles. The van der Waals surface area contributed by atoms with E-state index in [1.807, 2.05) is 30.3 Å². The highest BCUT2D eigenvalue weighted by atomic mass is 16.2. The third-order valence-corrected chi connectivity index (χ3v) is 3.67. The van der Waals surface area contributed by atoms with Crippen LogP contribution in [0.3, 0.4) is 0 Å². The first-order chi connectivity index (χ1) is 12.6. The Balaban J connectivity index is 1.69. The summed E-state index contributed by atoms with van der Waals surface area (Å²) in [5.74, 6) is 0.255. The molecule has 3 rings (SSSR count). The standard InChI is InChI=1S/C18H18N6O2/c19-18(26)23-15(11-13-5-2-1-3-6-13)17(25)22-14-7-8-16(20-12-14)24-10-4-9-21-24/h1-10,12,15H,11H2,(H,22,25)(H3,19,23,26). The Hall–Kier alpha value is -3.68. The molecule has 1 aromatic carbocycles. The smallest absolute Gasteiger partial charge is 0.312 e. The summed E-state index contributed by atoms with van der Waals surface area (Å²) in [7, 11) is 0. The van der Waals surface area contributed by atoms with Crippen molar-refractivity contribution in [1.82, 2.24) is 20.1 Å². The minimum Gasteiger partial charge on any atom is -0.352 e. The largest absolute Gasteiger partial charge is 0.352 e. The van der Waals surface area contributed by atoms with Crippen LogP contribution in [-0.2, 0) is 11.2 Å². The molecule has 0 bridgehead atoms. The van der Waals surface area contributed by atoms with Crippen LogP contribution < -0.4 is 16.4 Å². The van der Waals surface area contributed by atoms with E-state index in [-0.39, 0.29) is 5.91 Å². The number of carbonyl (C=O) groups excluding carboxylic acids is 2. The molecular weight excluding hydrogens is 332 g/mol. The van der Waals surface area contributed by atoms with Gasteiger partial charge in [-0.15, -0.1) is 0 Å². The Kier molecular flexibility index (Phi) is 5.23. The number of hydrogen-bond donors (Lipinski definition) is 3. The monoisotopic (exact) mass is 350 g/mol. The van der Waals surface area contributed by atoms with Crippen molar-refractivity contribution in [1.29, 1.82) is 0 Å². The zero-order chi connectivity index (χ0) is 18.4. The number of nitrogens with two attached hydrogens (primary N) is 1. The Morgan fingerprint density at radius 3 is 2.54 bits per heavy atom. The summed E-state index contributed by atoms with van der Waals surface area (Å²) in [6.45, 7) is 0. The average Bonchev–Trinajstić information content (AvgIpc) is 3.17. The van der Waals surface area contributed by atoms with Gasteiger partial charge in [-0.25, -0.2) is 14.5 Å². The molecule has 1 atom stereocenters. The zero-order valence-corrected chi connectivity index (χ0v) is 13.9. The third kappa shape index (κ3) is 4.44. The van der Waals surface area contributed by atoms with Crippen LogP contribution in [0.2, 0.25) is 0 Å². The summed E-state index contributed by atoms with van der Waals surface area (Å²) in [5.41, 5.74) is 6.62. The van der Waals surface area contributed by atoms with Gasteiger partial charge in [0.15, 0.2) is 5.82 Å². The van der Waals surface area contributed by atoms with Gasteiger partial charge in [-0.1, -0.05) is 30.3 Å². The Bertz CT molecular complexity index is 862. The van der Waals surface area contributed by atoms with Gasteiger partial charge in [0, 0.05) is 18.8 Å². The molecular formula is C18H18N6O2. The molecule has 26 heavy (non-hydrogen) atoms. The molecule has 2 heterocycles. The predicted octanol–water partition coefficient (Wildman–Crippen LogP) is 1.49. The lowest BCUT2D eigenvalue weighted by Gasteiger charge is -2.17. The number of rotatable bonds is 6. The van der Waals surface area contributed by atoms with E-state index in [0.717, 1.165) is 5.56 Å². The zero-order valence-electron chi connectivity index (χ0n) is 13.9. The van der Waals surface area contributed by atoms with E-state index in [4.69, 9.17) is 5.73 Å². The molecule has 0 saturated heterocycles. The van der Waals surface area contributed by atoms with Crippen molar-refractivity contribution in [3.8, 4) is 5.82 Å². The topological polar surface area (TPSA) is 115 Å². The van der Waals surface area contributed by atoms with Gasteiger partial charge >= 0.3 is 6.03 Å². The van der Waals surface area contributed by atoms with Gasteiger partial charge in [0.2, 0.25) is 5.91 Å². The first kappa shape index (κ1) is 17.2. The molecule has 0 aliphatic carbocycles. The second-order valence-corrected chi connectivity index (χ2v) is 5.60. The molecule has 3 amide bonds. The fourth-order valence-corrected chi connectivity index (χ4v) is 2.46. The van der Waals surface area contributed by atoms with E-state index >= 15 is 0 Å². The lowest BCUT2D eigenvalue weighted by atomic mass is 10.1. The maximum Gasteiger partial charge on any atom is 0.312 e. The summed E-state index contributed by atoms with van der Waals surface area (Å²) >= 11 is 0. The molecule has 8 heteroatoms. The molecule has 0 aliphatic rings. The van der Waals surface area contributed by atoms with Gasteiger partial charge in [-0.05, 0) is 23.8 Å². The second-order valence-electron chi connectivity index (χ2n) is 5.60. The Labute approximate surface area is 150 Å². The van der Waals surface area contributed by atoms with E-state index in [1.54, 1.807) is 35.3 Å². The summed E-state index contributed by atoms with van der Waals surface area (Å²) in [4.78, 5) is 28.0. The number of anilines is 1. The van der Waals surface area contributed by atoms with Crippen molar-refractivity contribution in [2.24, 2.45) is 5.73 Å². The lowest BCUT2D eigenvalue weighted by Crippen LogP contribution is -2.47. The molecule has 2 aromatic heterocycles. The fraction of sp³-hybridized carbons (Fsp3) is 0.111. The number of urea groups is 1. The van der Waals surface area contributed by atoms with Crippen molar-refractivity contribution >= 4 is 17.6 Å². The number of nitrogens with one attached hydrogen (secondary N) is 2. The molecule has 4 N–H and O–H groups in total. The minimum atomic E-state index is -0.791. The number of primary amides is 1. The molecule has 3 aromatic rings. The van der Waals surface area contributed by atoms with E-state index in [9.17, 15) is 9.59 Å². The van der Waals surface area contributed by atoms with Crippen LogP contribution in [0.5, 0.6) is 0 Å². The highest BCUT2D eigenvalue weighted by Crippen LogP contribution is 2.11. The van der Waals surface area contributed by atoms with E-state index in [0.29, 0.717) is 17.9 Å². The second kappa shape index (κ2) is 7.93. The lowest BCUT2D eigenvalue weighted by molar-refractivity contribution is -0.117. The SMILES string of the molecule is NC(=O)NC(Cc1ccccc1)C(=O)Nc1ccc(-n2cccn2)nc1. The fourth-order valence-electron chi connectivity index (χ4n) is 2.46. The van der Waals surface area contributed by atoms with Crippen molar-refractivity contribution in [2.75, 3.05) is 5.32 Å². The number of hydrogen-bond acceptors (Lipinski definition) is 4. The molecule has 0 spiro atoms. The van der Waals surface area contributed by atoms with Crippen LogP contribution in [-0.4, -0.2) is 32.7 Å². The maximum atomic E-state index is 12.5. The molecule has 1 unspecified atom stereocenters. The summed E-state index contributed by atoms with van der Waals surface area (Å²) < 4.78 is 1.61.